The van der Waals surface area contributed by atoms with Crippen LogP contribution in [0.3, 0.4) is 0 Å². The minimum atomic E-state index is 0.435. The van der Waals surface area contributed by atoms with Gasteiger partial charge in [-0.1, -0.05) is 0 Å². The molecule has 2 heterocycles. The van der Waals surface area contributed by atoms with Gasteiger partial charge in [0, 0.05) is 30.5 Å². The first kappa shape index (κ1) is 14.1. The number of rotatable bonds is 3. The zero-order chi connectivity index (χ0) is 14.7. The van der Waals surface area contributed by atoms with E-state index >= 15 is 0 Å². The first-order chi connectivity index (χ1) is 10.2. The second kappa shape index (κ2) is 6.30. The maximum Gasteiger partial charge on any atom is 0.230 e. The standard InChI is InChI=1S/C15H18BrN5/c16-13-10-14(17)20-15(19-13)18-11-4-6-12(7-5-11)21-8-2-1-3-9-21/h4-7,10H,1-3,8-9H2,(H3,17,18,19,20). The average Bonchev–Trinajstić information content (AvgIpc) is 2.48. The van der Waals surface area contributed by atoms with Gasteiger partial charge in [0.1, 0.15) is 10.4 Å². The fourth-order valence-corrected chi connectivity index (χ4v) is 2.93. The van der Waals surface area contributed by atoms with E-state index in [1.54, 1.807) is 6.07 Å². The molecule has 5 nitrogen and oxygen atoms in total. The Balaban J connectivity index is 1.71. The smallest absolute Gasteiger partial charge is 0.230 e. The van der Waals surface area contributed by atoms with Crippen molar-refractivity contribution in [2.45, 2.75) is 19.3 Å². The van der Waals surface area contributed by atoms with Crippen LogP contribution in [0.15, 0.2) is 34.9 Å². The second-order valence-corrected chi connectivity index (χ2v) is 5.97. The van der Waals surface area contributed by atoms with Crippen LogP contribution >= 0.6 is 15.9 Å². The summed E-state index contributed by atoms with van der Waals surface area (Å²) in [5.74, 6) is 0.928. The molecular formula is C15H18BrN5. The molecule has 1 aromatic carbocycles. The van der Waals surface area contributed by atoms with Crippen molar-refractivity contribution in [3.63, 3.8) is 0 Å². The van der Waals surface area contributed by atoms with Crippen LogP contribution in [0.1, 0.15) is 19.3 Å². The lowest BCUT2D eigenvalue weighted by atomic mass is 10.1. The Morgan fingerprint density at radius 1 is 1.05 bits per heavy atom. The third kappa shape index (κ3) is 3.64. The van der Waals surface area contributed by atoms with Gasteiger partial charge in [-0.3, -0.25) is 0 Å². The highest BCUT2D eigenvalue weighted by atomic mass is 79.9. The van der Waals surface area contributed by atoms with Crippen molar-refractivity contribution in [2.75, 3.05) is 29.0 Å². The monoisotopic (exact) mass is 347 g/mol. The molecule has 21 heavy (non-hydrogen) atoms. The zero-order valence-electron chi connectivity index (χ0n) is 11.7. The average molecular weight is 348 g/mol. The fraction of sp³-hybridized carbons (Fsp3) is 0.333. The molecule has 0 spiro atoms. The number of piperidine rings is 1. The number of nitrogen functional groups attached to an aromatic ring is 1. The largest absolute Gasteiger partial charge is 0.383 e. The number of hydrogen-bond donors (Lipinski definition) is 2. The lowest BCUT2D eigenvalue weighted by Gasteiger charge is -2.28. The van der Waals surface area contributed by atoms with Crippen molar-refractivity contribution in [1.29, 1.82) is 0 Å². The van der Waals surface area contributed by atoms with Gasteiger partial charge >= 0.3 is 0 Å². The molecule has 2 aromatic rings. The van der Waals surface area contributed by atoms with Gasteiger partial charge < -0.3 is 16.0 Å². The van der Waals surface area contributed by atoms with Crippen LogP contribution in [0.25, 0.3) is 0 Å². The molecule has 3 N–H and O–H groups in total. The van der Waals surface area contributed by atoms with Gasteiger partial charge in [0.05, 0.1) is 0 Å². The lowest BCUT2D eigenvalue weighted by molar-refractivity contribution is 0.578. The summed E-state index contributed by atoms with van der Waals surface area (Å²) in [5, 5.41) is 3.16. The quantitative estimate of drug-likeness (QED) is 0.831. The van der Waals surface area contributed by atoms with Crippen molar-refractivity contribution in [1.82, 2.24) is 9.97 Å². The first-order valence-electron chi connectivity index (χ1n) is 7.13. The van der Waals surface area contributed by atoms with Gasteiger partial charge in [-0.2, -0.15) is 4.98 Å². The van der Waals surface area contributed by atoms with Gasteiger partial charge in [0.15, 0.2) is 0 Å². The number of aromatic nitrogens is 2. The van der Waals surface area contributed by atoms with Gasteiger partial charge in [-0.05, 0) is 59.5 Å². The third-order valence-electron chi connectivity index (χ3n) is 3.56. The van der Waals surface area contributed by atoms with Crippen LogP contribution < -0.4 is 16.0 Å². The molecule has 1 saturated heterocycles. The Morgan fingerprint density at radius 2 is 1.76 bits per heavy atom. The van der Waals surface area contributed by atoms with Crippen LogP contribution in [0.5, 0.6) is 0 Å². The molecule has 1 aliphatic heterocycles. The normalized spacial score (nSPS) is 15.0. The summed E-state index contributed by atoms with van der Waals surface area (Å²) in [5.41, 5.74) is 7.93. The molecule has 0 bridgehead atoms. The SMILES string of the molecule is Nc1cc(Br)nc(Nc2ccc(N3CCCCC3)cc2)n1. The molecule has 1 fully saturated rings. The zero-order valence-corrected chi connectivity index (χ0v) is 13.3. The van der Waals surface area contributed by atoms with Crippen LogP contribution in [0.4, 0.5) is 23.1 Å². The van der Waals surface area contributed by atoms with Crippen molar-refractivity contribution in [3.05, 3.63) is 34.9 Å². The summed E-state index contributed by atoms with van der Waals surface area (Å²) >= 11 is 3.31. The topological polar surface area (TPSA) is 67.1 Å². The van der Waals surface area contributed by atoms with E-state index in [1.165, 1.54) is 24.9 Å². The summed E-state index contributed by atoms with van der Waals surface area (Å²) in [6, 6.07) is 10.0. The van der Waals surface area contributed by atoms with Crippen LogP contribution in [-0.4, -0.2) is 23.1 Å². The summed E-state index contributed by atoms with van der Waals surface area (Å²) in [7, 11) is 0. The van der Waals surface area contributed by atoms with Crippen molar-refractivity contribution in [3.8, 4) is 0 Å². The highest BCUT2D eigenvalue weighted by Gasteiger charge is 2.10. The molecule has 1 aliphatic rings. The lowest BCUT2D eigenvalue weighted by Crippen LogP contribution is -2.29. The molecule has 110 valence electrons. The molecule has 0 unspecified atom stereocenters. The van der Waals surface area contributed by atoms with E-state index in [9.17, 15) is 0 Å². The van der Waals surface area contributed by atoms with Crippen molar-refractivity contribution >= 4 is 39.1 Å². The van der Waals surface area contributed by atoms with Crippen molar-refractivity contribution in [2.24, 2.45) is 0 Å². The molecule has 6 heteroatoms. The minimum absolute atomic E-state index is 0.435. The summed E-state index contributed by atoms with van der Waals surface area (Å²) in [6.45, 7) is 2.30. The predicted octanol–water partition coefficient (Wildman–Crippen LogP) is 3.56. The number of hydrogen-bond acceptors (Lipinski definition) is 5. The molecule has 1 aromatic heterocycles. The fourth-order valence-electron chi connectivity index (χ4n) is 2.53. The molecule has 0 radical (unpaired) electrons. The van der Waals surface area contributed by atoms with Crippen LogP contribution in [0, 0.1) is 0 Å². The van der Waals surface area contributed by atoms with Crippen molar-refractivity contribution < 1.29 is 0 Å². The summed E-state index contributed by atoms with van der Waals surface area (Å²) < 4.78 is 0.669. The molecule has 3 rings (SSSR count). The predicted molar refractivity (Wildman–Crippen MR) is 89.9 cm³/mol. The molecule has 0 atom stereocenters. The molecule has 0 aliphatic carbocycles. The van der Waals surface area contributed by atoms with Gasteiger partial charge in [0.2, 0.25) is 5.95 Å². The summed E-state index contributed by atoms with van der Waals surface area (Å²) in [6.07, 6.45) is 3.91. The van der Waals surface area contributed by atoms with E-state index < -0.39 is 0 Å². The number of nitrogens with two attached hydrogens (primary N) is 1. The van der Waals surface area contributed by atoms with Gasteiger partial charge in [-0.15, -0.1) is 0 Å². The highest BCUT2D eigenvalue weighted by molar-refractivity contribution is 9.10. The maximum atomic E-state index is 5.71. The van der Waals surface area contributed by atoms with Gasteiger partial charge in [-0.25, -0.2) is 4.98 Å². The number of halogens is 1. The number of anilines is 4. The number of nitrogens with zero attached hydrogens (tertiary/aromatic N) is 3. The Labute approximate surface area is 132 Å². The van der Waals surface area contributed by atoms with Gasteiger partial charge in [0.25, 0.3) is 0 Å². The van der Waals surface area contributed by atoms with E-state index in [4.69, 9.17) is 5.73 Å². The Hall–Kier alpha value is -1.82. The van der Waals surface area contributed by atoms with Crippen LogP contribution in [-0.2, 0) is 0 Å². The third-order valence-corrected chi connectivity index (χ3v) is 3.97. The number of benzene rings is 1. The molecular weight excluding hydrogens is 330 g/mol. The maximum absolute atomic E-state index is 5.71. The number of nitrogens with one attached hydrogen (secondary N) is 1. The van der Waals surface area contributed by atoms with E-state index in [0.29, 0.717) is 16.4 Å². The second-order valence-electron chi connectivity index (χ2n) is 5.16. The minimum Gasteiger partial charge on any atom is -0.383 e. The summed E-state index contributed by atoms with van der Waals surface area (Å²) in [4.78, 5) is 10.8. The van der Waals surface area contributed by atoms with E-state index in [0.717, 1.165) is 18.8 Å². The first-order valence-corrected chi connectivity index (χ1v) is 7.92. The van der Waals surface area contributed by atoms with E-state index in [1.807, 2.05) is 12.1 Å². The van der Waals surface area contributed by atoms with Crippen LogP contribution in [0.2, 0.25) is 0 Å². The molecule has 0 saturated carbocycles. The Morgan fingerprint density at radius 3 is 2.43 bits per heavy atom. The van der Waals surface area contributed by atoms with E-state index in [-0.39, 0.29) is 0 Å². The van der Waals surface area contributed by atoms with E-state index in [2.05, 4.69) is 48.2 Å². The Kier molecular flexibility index (Phi) is 4.24. The highest BCUT2D eigenvalue weighted by Crippen LogP contribution is 2.23. The molecule has 0 amide bonds. The Bertz CT molecular complexity index is 588.